The first-order valence-corrected chi connectivity index (χ1v) is 6.67. The molecule has 0 heterocycles. The summed E-state index contributed by atoms with van der Waals surface area (Å²) >= 11 is 0. The molecular formula is C18H18N2O2. The number of terminal acetylenes is 1. The van der Waals surface area contributed by atoms with E-state index in [4.69, 9.17) is 16.4 Å². The number of amides is 1. The number of carbonyl (C=O) groups is 1. The molecular weight excluding hydrogens is 276 g/mol. The topological polar surface area (TPSA) is 53.3 Å². The zero-order chi connectivity index (χ0) is 16.5. The van der Waals surface area contributed by atoms with Gasteiger partial charge >= 0.3 is 0 Å². The van der Waals surface area contributed by atoms with Crippen molar-refractivity contribution in [1.29, 1.82) is 5.26 Å². The van der Waals surface area contributed by atoms with E-state index >= 15 is 0 Å². The van der Waals surface area contributed by atoms with E-state index in [1.165, 1.54) is 4.90 Å². The van der Waals surface area contributed by atoms with Crippen LogP contribution in [0.2, 0.25) is 0 Å². The first-order valence-electron chi connectivity index (χ1n) is 6.67. The van der Waals surface area contributed by atoms with Gasteiger partial charge in [0.15, 0.2) is 0 Å². The van der Waals surface area contributed by atoms with Gasteiger partial charge in [-0.25, -0.2) is 0 Å². The molecule has 22 heavy (non-hydrogen) atoms. The molecule has 0 unspecified atom stereocenters. The minimum atomic E-state index is -0.333. The van der Waals surface area contributed by atoms with Gasteiger partial charge < -0.3 is 9.64 Å². The first kappa shape index (κ1) is 17.1. The number of hydrogen-bond donors (Lipinski definition) is 0. The molecule has 0 saturated carbocycles. The van der Waals surface area contributed by atoms with Crippen LogP contribution in [0, 0.1) is 23.7 Å². The molecule has 0 aromatic heterocycles. The summed E-state index contributed by atoms with van der Waals surface area (Å²) in [5, 5.41) is 9.12. The summed E-state index contributed by atoms with van der Waals surface area (Å²) in [6.45, 7) is 3.89. The number of ether oxygens (including phenoxy) is 1. The molecule has 0 aliphatic rings. The van der Waals surface area contributed by atoms with Crippen LogP contribution in [0.1, 0.15) is 11.1 Å². The molecule has 1 rings (SSSR count). The highest BCUT2D eigenvalue weighted by Crippen LogP contribution is 2.22. The van der Waals surface area contributed by atoms with E-state index in [2.05, 4.69) is 12.5 Å². The normalized spacial score (nSPS) is 10.3. The van der Waals surface area contributed by atoms with Crippen LogP contribution < -0.4 is 4.74 Å². The Balaban J connectivity index is 3.18. The molecule has 1 amide bonds. The summed E-state index contributed by atoms with van der Waals surface area (Å²) in [5.41, 5.74) is 1.72. The summed E-state index contributed by atoms with van der Waals surface area (Å²) in [6.07, 6.45) is 9.10. The third kappa shape index (κ3) is 4.54. The number of hydrogen-bond acceptors (Lipinski definition) is 3. The number of nitrogens with zero attached hydrogens (tertiary/aromatic N) is 2. The van der Waals surface area contributed by atoms with Crippen molar-refractivity contribution in [2.24, 2.45) is 0 Å². The molecule has 1 aromatic rings. The maximum Gasteiger partial charge on any atom is 0.264 e. The van der Waals surface area contributed by atoms with E-state index < -0.39 is 0 Å². The Hall–Kier alpha value is -2.98. The SMILES string of the molecule is C#CCOc1ccc(/C=C(/C#N)C(=O)N(C)C)cc1CC=C. The van der Waals surface area contributed by atoms with Gasteiger partial charge in [0.1, 0.15) is 24.0 Å². The molecule has 112 valence electrons. The van der Waals surface area contributed by atoms with Gasteiger partial charge in [0.05, 0.1) is 0 Å². The van der Waals surface area contributed by atoms with Crippen LogP contribution >= 0.6 is 0 Å². The van der Waals surface area contributed by atoms with Gasteiger partial charge in [0.2, 0.25) is 0 Å². The highest BCUT2D eigenvalue weighted by atomic mass is 16.5. The monoisotopic (exact) mass is 294 g/mol. The summed E-state index contributed by atoms with van der Waals surface area (Å²) in [6, 6.07) is 7.33. The van der Waals surface area contributed by atoms with Gasteiger partial charge in [-0.05, 0) is 35.8 Å². The standard InChI is InChI=1S/C18H18N2O2/c1-5-7-15-11-14(8-9-17(15)22-10-6-2)12-16(13-19)18(21)20(3)4/h2,5,8-9,11-12H,1,7,10H2,3-4H3/b16-12-. The first-order chi connectivity index (χ1) is 10.5. The van der Waals surface area contributed by atoms with Crippen LogP contribution in [0.4, 0.5) is 0 Å². The number of carbonyl (C=O) groups excluding carboxylic acids is 1. The van der Waals surface area contributed by atoms with Crippen LogP contribution in [0.3, 0.4) is 0 Å². The minimum absolute atomic E-state index is 0.0758. The molecule has 0 saturated heterocycles. The van der Waals surface area contributed by atoms with Gasteiger partial charge in [-0.1, -0.05) is 18.1 Å². The van der Waals surface area contributed by atoms with Gasteiger partial charge in [0, 0.05) is 14.1 Å². The van der Waals surface area contributed by atoms with Crippen LogP contribution in [0.5, 0.6) is 5.75 Å². The molecule has 4 nitrogen and oxygen atoms in total. The minimum Gasteiger partial charge on any atom is -0.481 e. The highest BCUT2D eigenvalue weighted by Gasteiger charge is 2.11. The third-order valence-electron chi connectivity index (χ3n) is 2.83. The summed E-state index contributed by atoms with van der Waals surface area (Å²) in [4.78, 5) is 13.2. The van der Waals surface area contributed by atoms with Gasteiger partial charge in [-0.15, -0.1) is 13.0 Å². The Morgan fingerprint density at radius 1 is 1.50 bits per heavy atom. The quantitative estimate of drug-likeness (QED) is 0.350. The van der Waals surface area contributed by atoms with Gasteiger partial charge in [-0.3, -0.25) is 4.79 Å². The molecule has 0 fully saturated rings. The zero-order valence-corrected chi connectivity index (χ0v) is 12.8. The van der Waals surface area contributed by atoms with Gasteiger partial charge in [-0.2, -0.15) is 5.26 Å². The summed E-state index contributed by atoms with van der Waals surface area (Å²) in [7, 11) is 3.21. The van der Waals surface area contributed by atoms with Crippen molar-refractivity contribution >= 4 is 12.0 Å². The van der Waals surface area contributed by atoms with E-state index in [1.54, 1.807) is 38.4 Å². The highest BCUT2D eigenvalue weighted by molar-refractivity contribution is 6.01. The maximum atomic E-state index is 11.9. The van der Waals surface area contributed by atoms with Gasteiger partial charge in [0.25, 0.3) is 5.91 Å². The molecule has 4 heteroatoms. The number of benzene rings is 1. The van der Waals surface area contributed by atoms with Crippen LogP contribution in [-0.2, 0) is 11.2 Å². The largest absolute Gasteiger partial charge is 0.481 e. The fourth-order valence-corrected chi connectivity index (χ4v) is 1.81. The molecule has 0 bridgehead atoms. The lowest BCUT2D eigenvalue weighted by molar-refractivity contribution is -0.124. The number of likely N-dealkylation sites (N-methyl/N-ethyl adjacent to an activating group) is 1. The fraction of sp³-hybridized carbons (Fsp3) is 0.222. The second-order valence-electron chi connectivity index (χ2n) is 4.72. The van der Waals surface area contributed by atoms with Crippen molar-refractivity contribution in [1.82, 2.24) is 4.90 Å². The molecule has 0 radical (unpaired) electrons. The summed E-state index contributed by atoms with van der Waals surface area (Å²) < 4.78 is 5.47. The number of allylic oxidation sites excluding steroid dienone is 1. The predicted molar refractivity (Wildman–Crippen MR) is 87.0 cm³/mol. The molecule has 0 aliphatic carbocycles. The fourth-order valence-electron chi connectivity index (χ4n) is 1.81. The van der Waals surface area contributed by atoms with Crippen LogP contribution in [0.25, 0.3) is 6.08 Å². The Morgan fingerprint density at radius 3 is 2.77 bits per heavy atom. The Bertz CT molecular complexity index is 673. The molecule has 1 aromatic carbocycles. The molecule has 0 N–H and O–H groups in total. The lowest BCUT2D eigenvalue weighted by atomic mass is 10.0. The van der Waals surface area contributed by atoms with Crippen molar-refractivity contribution < 1.29 is 9.53 Å². The van der Waals surface area contributed by atoms with Crippen molar-refractivity contribution in [2.45, 2.75) is 6.42 Å². The van der Waals surface area contributed by atoms with E-state index in [9.17, 15) is 4.79 Å². The third-order valence-corrected chi connectivity index (χ3v) is 2.83. The second kappa shape index (κ2) is 8.34. The Morgan fingerprint density at radius 2 is 2.23 bits per heavy atom. The zero-order valence-electron chi connectivity index (χ0n) is 12.8. The lowest BCUT2D eigenvalue weighted by Gasteiger charge is -2.11. The predicted octanol–water partition coefficient (Wildman–Crippen LogP) is 2.42. The average Bonchev–Trinajstić information content (AvgIpc) is 2.51. The van der Waals surface area contributed by atoms with E-state index in [-0.39, 0.29) is 18.1 Å². The average molecular weight is 294 g/mol. The Kier molecular flexibility index (Phi) is 6.47. The van der Waals surface area contributed by atoms with Crippen molar-refractivity contribution in [3.05, 3.63) is 47.6 Å². The number of nitriles is 1. The van der Waals surface area contributed by atoms with Crippen molar-refractivity contribution in [3.63, 3.8) is 0 Å². The maximum absolute atomic E-state index is 11.9. The molecule has 0 atom stereocenters. The number of rotatable bonds is 6. The van der Waals surface area contributed by atoms with Crippen molar-refractivity contribution in [3.8, 4) is 24.2 Å². The second-order valence-corrected chi connectivity index (χ2v) is 4.72. The van der Waals surface area contributed by atoms with Crippen LogP contribution in [-0.4, -0.2) is 31.5 Å². The smallest absolute Gasteiger partial charge is 0.264 e. The summed E-state index contributed by atoms with van der Waals surface area (Å²) in [5.74, 6) is 2.76. The molecule has 0 spiro atoms. The Labute approximate surface area is 131 Å². The lowest BCUT2D eigenvalue weighted by Crippen LogP contribution is -2.22. The van der Waals surface area contributed by atoms with E-state index in [1.807, 2.05) is 12.1 Å². The van der Waals surface area contributed by atoms with Crippen molar-refractivity contribution in [2.75, 3.05) is 20.7 Å². The molecule has 0 aliphatic heterocycles. The van der Waals surface area contributed by atoms with E-state index in [0.717, 1.165) is 11.1 Å². The van der Waals surface area contributed by atoms with Crippen LogP contribution in [0.15, 0.2) is 36.4 Å². The van der Waals surface area contributed by atoms with E-state index in [0.29, 0.717) is 12.2 Å².